The third-order valence-electron chi connectivity index (χ3n) is 1.95. The second kappa shape index (κ2) is 4.99. The van der Waals surface area contributed by atoms with Crippen molar-refractivity contribution in [2.75, 3.05) is 10.7 Å². The van der Waals surface area contributed by atoms with E-state index in [0.29, 0.717) is 5.69 Å². The van der Waals surface area contributed by atoms with Crippen molar-refractivity contribution in [2.24, 2.45) is 5.84 Å². The Hall–Kier alpha value is -2.54. The number of pyridine rings is 1. The molecule has 0 saturated carbocycles. The van der Waals surface area contributed by atoms with Gasteiger partial charge in [0.05, 0.1) is 5.69 Å². The van der Waals surface area contributed by atoms with E-state index < -0.39 is 5.91 Å². The van der Waals surface area contributed by atoms with Crippen LogP contribution in [0.4, 0.5) is 11.6 Å². The molecule has 0 spiro atoms. The number of rotatable bonds is 3. The van der Waals surface area contributed by atoms with E-state index in [1.54, 1.807) is 12.1 Å². The normalized spacial score (nSPS) is 9.71. The SMILES string of the molecule is NNc1ccnc(C(=O)Nc2ncccn2)c1. The van der Waals surface area contributed by atoms with Crippen molar-refractivity contribution >= 4 is 17.5 Å². The summed E-state index contributed by atoms with van der Waals surface area (Å²) in [6, 6.07) is 4.83. The van der Waals surface area contributed by atoms with Gasteiger partial charge in [-0.25, -0.2) is 9.97 Å². The molecule has 0 bridgehead atoms. The molecule has 2 aromatic heterocycles. The lowest BCUT2D eigenvalue weighted by Gasteiger charge is -2.04. The van der Waals surface area contributed by atoms with Crippen LogP contribution in [0.15, 0.2) is 36.8 Å². The first-order valence-corrected chi connectivity index (χ1v) is 4.80. The number of hydrogen-bond donors (Lipinski definition) is 3. The fraction of sp³-hybridized carbons (Fsp3) is 0. The van der Waals surface area contributed by atoms with E-state index in [4.69, 9.17) is 5.84 Å². The van der Waals surface area contributed by atoms with Crippen LogP contribution in [0.3, 0.4) is 0 Å². The summed E-state index contributed by atoms with van der Waals surface area (Å²) in [4.78, 5) is 23.4. The number of nitrogens with zero attached hydrogens (tertiary/aromatic N) is 3. The van der Waals surface area contributed by atoms with Gasteiger partial charge in [0.1, 0.15) is 5.69 Å². The van der Waals surface area contributed by atoms with Crippen LogP contribution in [-0.4, -0.2) is 20.9 Å². The zero-order valence-corrected chi connectivity index (χ0v) is 8.79. The van der Waals surface area contributed by atoms with Crippen molar-refractivity contribution in [3.05, 3.63) is 42.5 Å². The standard InChI is InChI=1S/C10H10N6O/c11-16-7-2-5-12-8(6-7)9(17)15-10-13-3-1-4-14-10/h1-6H,11H2,(H,12,16)(H,13,14,15,17). The molecule has 0 saturated heterocycles. The molecule has 86 valence electrons. The van der Waals surface area contributed by atoms with Crippen molar-refractivity contribution in [1.82, 2.24) is 15.0 Å². The number of anilines is 2. The molecule has 1 amide bonds. The number of aromatic nitrogens is 3. The van der Waals surface area contributed by atoms with Gasteiger partial charge in [-0.05, 0) is 18.2 Å². The third-order valence-corrected chi connectivity index (χ3v) is 1.95. The third kappa shape index (κ3) is 2.73. The van der Waals surface area contributed by atoms with Crippen LogP contribution < -0.4 is 16.6 Å². The second-order valence-corrected chi connectivity index (χ2v) is 3.10. The Balaban J connectivity index is 2.14. The molecule has 0 radical (unpaired) electrons. The summed E-state index contributed by atoms with van der Waals surface area (Å²) >= 11 is 0. The molecule has 0 unspecified atom stereocenters. The second-order valence-electron chi connectivity index (χ2n) is 3.10. The van der Waals surface area contributed by atoms with E-state index >= 15 is 0 Å². The lowest BCUT2D eigenvalue weighted by Crippen LogP contribution is -2.16. The monoisotopic (exact) mass is 230 g/mol. The van der Waals surface area contributed by atoms with Crippen LogP contribution in [0, 0.1) is 0 Å². The number of carbonyl (C=O) groups excluding carboxylic acids is 1. The van der Waals surface area contributed by atoms with Gasteiger partial charge in [-0.2, -0.15) is 0 Å². The van der Waals surface area contributed by atoms with Crippen LogP contribution in [0.2, 0.25) is 0 Å². The van der Waals surface area contributed by atoms with Gasteiger partial charge in [0.2, 0.25) is 5.95 Å². The molecule has 0 atom stereocenters. The average molecular weight is 230 g/mol. The minimum Gasteiger partial charge on any atom is -0.324 e. The van der Waals surface area contributed by atoms with Gasteiger partial charge < -0.3 is 5.43 Å². The number of nitrogen functional groups attached to an aromatic ring is 1. The molecule has 17 heavy (non-hydrogen) atoms. The fourth-order valence-corrected chi connectivity index (χ4v) is 1.17. The molecule has 2 rings (SSSR count). The van der Waals surface area contributed by atoms with Crippen molar-refractivity contribution in [1.29, 1.82) is 0 Å². The average Bonchev–Trinajstić information content (AvgIpc) is 2.40. The Kier molecular flexibility index (Phi) is 3.22. The molecular weight excluding hydrogens is 220 g/mol. The highest BCUT2D eigenvalue weighted by atomic mass is 16.2. The zero-order valence-electron chi connectivity index (χ0n) is 8.79. The highest BCUT2D eigenvalue weighted by Crippen LogP contribution is 2.07. The Morgan fingerprint density at radius 3 is 2.65 bits per heavy atom. The predicted octanol–water partition coefficient (Wildman–Crippen LogP) is 0.409. The summed E-state index contributed by atoms with van der Waals surface area (Å²) in [5.74, 6) is 5.07. The van der Waals surface area contributed by atoms with Gasteiger partial charge in [-0.1, -0.05) is 0 Å². The maximum Gasteiger partial charge on any atom is 0.276 e. The fourth-order valence-electron chi connectivity index (χ4n) is 1.17. The van der Waals surface area contributed by atoms with E-state index in [0.717, 1.165) is 0 Å². The van der Waals surface area contributed by atoms with Gasteiger partial charge in [0.15, 0.2) is 0 Å². The lowest BCUT2D eigenvalue weighted by molar-refractivity contribution is 0.102. The predicted molar refractivity (Wildman–Crippen MR) is 62.0 cm³/mol. The van der Waals surface area contributed by atoms with E-state index in [1.165, 1.54) is 24.7 Å². The molecule has 0 aliphatic carbocycles. The molecule has 0 aliphatic rings. The Bertz CT molecular complexity index is 515. The van der Waals surface area contributed by atoms with Crippen LogP contribution >= 0.6 is 0 Å². The van der Waals surface area contributed by atoms with Crippen LogP contribution in [0.5, 0.6) is 0 Å². The highest BCUT2D eigenvalue weighted by Gasteiger charge is 2.09. The zero-order chi connectivity index (χ0) is 12.1. The van der Waals surface area contributed by atoms with E-state index in [2.05, 4.69) is 25.7 Å². The number of carbonyl (C=O) groups is 1. The van der Waals surface area contributed by atoms with Crippen molar-refractivity contribution in [2.45, 2.75) is 0 Å². The van der Waals surface area contributed by atoms with Crippen LogP contribution in [-0.2, 0) is 0 Å². The highest BCUT2D eigenvalue weighted by molar-refractivity contribution is 6.02. The molecular formula is C10H10N6O. The van der Waals surface area contributed by atoms with E-state index in [9.17, 15) is 4.79 Å². The van der Waals surface area contributed by atoms with Crippen LogP contribution in [0.1, 0.15) is 10.5 Å². The first-order chi connectivity index (χ1) is 8.29. The Labute approximate surface area is 97.1 Å². The first-order valence-electron chi connectivity index (χ1n) is 4.80. The molecule has 7 nitrogen and oxygen atoms in total. The van der Waals surface area contributed by atoms with Crippen molar-refractivity contribution in [3.8, 4) is 0 Å². The molecule has 2 heterocycles. The van der Waals surface area contributed by atoms with Crippen molar-refractivity contribution in [3.63, 3.8) is 0 Å². The molecule has 0 fully saturated rings. The van der Waals surface area contributed by atoms with Gasteiger partial charge in [0.25, 0.3) is 5.91 Å². The summed E-state index contributed by atoms with van der Waals surface area (Å²) in [5.41, 5.74) is 3.26. The summed E-state index contributed by atoms with van der Waals surface area (Å²) < 4.78 is 0. The van der Waals surface area contributed by atoms with Crippen LogP contribution in [0.25, 0.3) is 0 Å². The number of nitrogens with two attached hydrogens (primary N) is 1. The first kappa shape index (κ1) is 11.0. The number of amides is 1. The summed E-state index contributed by atoms with van der Waals surface area (Å²) in [5, 5.41) is 2.52. The van der Waals surface area contributed by atoms with Gasteiger partial charge in [-0.15, -0.1) is 0 Å². The number of hydrogen-bond acceptors (Lipinski definition) is 6. The molecule has 0 aromatic carbocycles. The smallest absolute Gasteiger partial charge is 0.276 e. The molecule has 4 N–H and O–H groups in total. The quantitative estimate of drug-likeness (QED) is 0.521. The van der Waals surface area contributed by atoms with E-state index in [-0.39, 0.29) is 11.6 Å². The minimum absolute atomic E-state index is 0.227. The molecule has 0 aliphatic heterocycles. The topological polar surface area (TPSA) is 106 Å². The number of nitrogens with one attached hydrogen (secondary N) is 2. The maximum absolute atomic E-state index is 11.8. The van der Waals surface area contributed by atoms with Gasteiger partial charge >= 0.3 is 0 Å². The van der Waals surface area contributed by atoms with Gasteiger partial charge in [-0.3, -0.25) is 20.9 Å². The molecule has 2 aromatic rings. The minimum atomic E-state index is -0.395. The summed E-state index contributed by atoms with van der Waals surface area (Å²) in [7, 11) is 0. The molecule has 7 heteroatoms. The Morgan fingerprint density at radius 2 is 1.94 bits per heavy atom. The number of hydrazine groups is 1. The Morgan fingerprint density at radius 1 is 1.18 bits per heavy atom. The summed E-state index contributed by atoms with van der Waals surface area (Å²) in [6.07, 6.45) is 4.55. The largest absolute Gasteiger partial charge is 0.324 e. The summed E-state index contributed by atoms with van der Waals surface area (Å²) in [6.45, 7) is 0. The van der Waals surface area contributed by atoms with Crippen molar-refractivity contribution < 1.29 is 4.79 Å². The van der Waals surface area contributed by atoms with E-state index in [1.807, 2.05) is 0 Å². The lowest BCUT2D eigenvalue weighted by atomic mass is 10.3. The van der Waals surface area contributed by atoms with Gasteiger partial charge in [0, 0.05) is 18.6 Å². The maximum atomic E-state index is 11.8.